The second kappa shape index (κ2) is 3.40. The van der Waals surface area contributed by atoms with E-state index in [0.717, 1.165) is 0 Å². The maximum Gasteiger partial charge on any atom is 0.264 e. The minimum atomic E-state index is -0.178. The van der Waals surface area contributed by atoms with Crippen LogP contribution in [0, 0.1) is 0 Å². The summed E-state index contributed by atoms with van der Waals surface area (Å²) in [7, 11) is 1.47. The number of likely N-dealkylation sites (N-methyl/N-ethyl adjacent to an activating group) is 1. The Hall–Kier alpha value is -0.790. The van der Waals surface area contributed by atoms with Crippen molar-refractivity contribution in [3.8, 4) is 0 Å². The Morgan fingerprint density at radius 1 is 1.71 bits per heavy atom. The second-order valence-electron chi connectivity index (χ2n) is 1.06. The van der Waals surface area contributed by atoms with Crippen LogP contribution in [0.2, 0.25) is 0 Å². The number of amides is 1. The lowest BCUT2D eigenvalue weighted by Gasteiger charge is -1.80. The van der Waals surface area contributed by atoms with Gasteiger partial charge in [-0.3, -0.25) is 10.1 Å². The van der Waals surface area contributed by atoms with Crippen molar-refractivity contribution in [2.75, 3.05) is 7.05 Å². The maximum atomic E-state index is 10.2. The first-order valence-electron chi connectivity index (χ1n) is 2.07. The summed E-state index contributed by atoms with van der Waals surface area (Å²) in [5.41, 5.74) is 0. The van der Waals surface area contributed by atoms with Crippen LogP contribution in [-0.2, 0) is 4.79 Å². The summed E-state index contributed by atoms with van der Waals surface area (Å²) in [6.07, 6.45) is 3.08. The predicted molar refractivity (Wildman–Crippen MR) is 27.9 cm³/mol. The molecule has 7 heavy (non-hydrogen) atoms. The number of hydrogen-bond acceptors (Lipinski definition) is 1. The fourth-order valence-electron chi connectivity index (χ4n) is 0.217. The van der Waals surface area contributed by atoms with Crippen LogP contribution in [0.15, 0.2) is 12.2 Å². The van der Waals surface area contributed by atoms with E-state index in [2.05, 4.69) is 5.32 Å². The third-order valence-electron chi connectivity index (χ3n) is 0.530. The minimum Gasteiger partial charge on any atom is -0.268 e. The molecule has 0 rings (SSSR count). The molecule has 2 nitrogen and oxygen atoms in total. The van der Waals surface area contributed by atoms with Gasteiger partial charge in [0, 0.05) is 13.1 Å². The van der Waals surface area contributed by atoms with E-state index < -0.39 is 0 Å². The highest BCUT2D eigenvalue weighted by molar-refractivity contribution is 5.86. The lowest BCUT2D eigenvalue weighted by Crippen LogP contribution is -2.04. The van der Waals surface area contributed by atoms with Gasteiger partial charge in [0.25, 0.3) is 5.91 Å². The number of hydrogen-bond donors (Lipinski definition) is 0. The summed E-state index contributed by atoms with van der Waals surface area (Å²) in [4.78, 5) is 10.2. The zero-order valence-corrected chi connectivity index (χ0v) is 4.51. The van der Waals surface area contributed by atoms with Crippen molar-refractivity contribution in [2.45, 2.75) is 6.92 Å². The Kier molecular flexibility index (Phi) is 3.02. The minimum absolute atomic E-state index is 0.178. The van der Waals surface area contributed by atoms with E-state index in [1.165, 1.54) is 13.1 Å². The van der Waals surface area contributed by atoms with Crippen LogP contribution in [0.5, 0.6) is 0 Å². The third-order valence-corrected chi connectivity index (χ3v) is 0.530. The molecule has 0 atom stereocenters. The molecule has 0 bridgehead atoms. The van der Waals surface area contributed by atoms with Crippen molar-refractivity contribution >= 4 is 5.91 Å². The van der Waals surface area contributed by atoms with Gasteiger partial charge in [-0.2, -0.15) is 0 Å². The maximum absolute atomic E-state index is 10.2. The zero-order chi connectivity index (χ0) is 5.70. The molecule has 0 aromatic carbocycles. The number of nitrogens with zero attached hydrogens (tertiary/aromatic N) is 1. The van der Waals surface area contributed by atoms with Gasteiger partial charge in [0.15, 0.2) is 0 Å². The molecule has 0 aliphatic rings. The second-order valence-corrected chi connectivity index (χ2v) is 1.06. The number of allylic oxidation sites excluding steroid dienone is 1. The van der Waals surface area contributed by atoms with Gasteiger partial charge in [-0.25, -0.2) is 0 Å². The van der Waals surface area contributed by atoms with E-state index >= 15 is 0 Å². The van der Waals surface area contributed by atoms with E-state index in [4.69, 9.17) is 0 Å². The molecule has 0 N–H and O–H groups in total. The SMILES string of the molecule is CC=CC(=O)[N]C. The van der Waals surface area contributed by atoms with Crippen LogP contribution in [0.25, 0.3) is 0 Å². The Balaban J connectivity index is 3.37. The van der Waals surface area contributed by atoms with Crippen molar-refractivity contribution in [3.05, 3.63) is 12.2 Å². The zero-order valence-electron chi connectivity index (χ0n) is 4.51. The highest BCUT2D eigenvalue weighted by Gasteiger charge is 1.84. The Bertz CT molecular complexity index is 86.1. The largest absolute Gasteiger partial charge is 0.268 e. The molecule has 0 saturated carbocycles. The average molecular weight is 98.1 g/mol. The standard InChI is InChI=1S/C5H8NO/c1-3-4-5(7)6-2/h3-4H,1-2H3. The first-order chi connectivity index (χ1) is 3.31. The molecule has 0 aromatic rings. The summed E-state index contributed by atoms with van der Waals surface area (Å²) in [6, 6.07) is 0. The van der Waals surface area contributed by atoms with Crippen molar-refractivity contribution in [1.29, 1.82) is 0 Å². The molecule has 0 aromatic heterocycles. The summed E-state index contributed by atoms with van der Waals surface area (Å²) in [6.45, 7) is 1.78. The van der Waals surface area contributed by atoms with Gasteiger partial charge >= 0.3 is 0 Å². The van der Waals surface area contributed by atoms with Crippen LogP contribution in [0.4, 0.5) is 0 Å². The predicted octanol–water partition coefficient (Wildman–Crippen LogP) is 0.323. The number of carbonyl (C=O) groups excluding carboxylic acids is 1. The lowest BCUT2D eigenvalue weighted by atomic mass is 10.5. The van der Waals surface area contributed by atoms with E-state index in [-0.39, 0.29) is 5.91 Å². The summed E-state index contributed by atoms with van der Waals surface area (Å²) >= 11 is 0. The van der Waals surface area contributed by atoms with E-state index in [1.54, 1.807) is 13.0 Å². The van der Waals surface area contributed by atoms with Gasteiger partial charge in [-0.1, -0.05) is 6.08 Å². The molecule has 0 aliphatic carbocycles. The lowest BCUT2D eigenvalue weighted by molar-refractivity contribution is -0.116. The van der Waals surface area contributed by atoms with Gasteiger partial charge in [0.2, 0.25) is 0 Å². The highest BCUT2D eigenvalue weighted by atomic mass is 16.1. The molecule has 2 heteroatoms. The smallest absolute Gasteiger partial charge is 0.264 e. The van der Waals surface area contributed by atoms with E-state index in [1.807, 2.05) is 0 Å². The normalized spacial score (nSPS) is 9.43. The molecular formula is C5H8NO. The molecule has 39 valence electrons. The molecule has 0 heterocycles. The molecule has 0 spiro atoms. The van der Waals surface area contributed by atoms with Crippen LogP contribution >= 0.6 is 0 Å². The average Bonchev–Trinajstić information content (AvgIpc) is 1.68. The van der Waals surface area contributed by atoms with Crippen molar-refractivity contribution in [3.63, 3.8) is 0 Å². The van der Waals surface area contributed by atoms with Gasteiger partial charge in [0.05, 0.1) is 0 Å². The first kappa shape index (κ1) is 6.21. The first-order valence-corrected chi connectivity index (χ1v) is 2.07. The van der Waals surface area contributed by atoms with E-state index in [9.17, 15) is 4.79 Å². The highest BCUT2D eigenvalue weighted by Crippen LogP contribution is 1.68. The molecular weight excluding hydrogens is 90.1 g/mol. The topological polar surface area (TPSA) is 31.2 Å². The van der Waals surface area contributed by atoms with Crippen molar-refractivity contribution in [2.24, 2.45) is 0 Å². The van der Waals surface area contributed by atoms with Gasteiger partial charge < -0.3 is 0 Å². The molecule has 0 unspecified atom stereocenters. The number of carbonyl (C=O) groups is 1. The fraction of sp³-hybridized carbons (Fsp3) is 0.400. The quantitative estimate of drug-likeness (QED) is 0.434. The summed E-state index contributed by atoms with van der Waals surface area (Å²) in [5.74, 6) is -0.178. The van der Waals surface area contributed by atoms with Crippen molar-refractivity contribution in [1.82, 2.24) is 5.32 Å². The monoisotopic (exact) mass is 98.1 g/mol. The van der Waals surface area contributed by atoms with Gasteiger partial charge in [-0.15, -0.1) is 0 Å². The molecule has 1 radical (unpaired) electrons. The van der Waals surface area contributed by atoms with Crippen molar-refractivity contribution < 1.29 is 4.79 Å². The van der Waals surface area contributed by atoms with Gasteiger partial charge in [-0.05, 0) is 6.92 Å². The van der Waals surface area contributed by atoms with Crippen LogP contribution < -0.4 is 5.32 Å². The molecule has 1 amide bonds. The Morgan fingerprint density at radius 3 is 2.43 bits per heavy atom. The molecule has 0 aliphatic heterocycles. The van der Waals surface area contributed by atoms with Crippen LogP contribution in [-0.4, -0.2) is 13.0 Å². The number of rotatable bonds is 1. The Labute approximate surface area is 43.2 Å². The fourth-order valence-corrected chi connectivity index (χ4v) is 0.217. The molecule has 0 saturated heterocycles. The third kappa shape index (κ3) is 3.03. The van der Waals surface area contributed by atoms with Crippen LogP contribution in [0.3, 0.4) is 0 Å². The van der Waals surface area contributed by atoms with E-state index in [0.29, 0.717) is 0 Å². The van der Waals surface area contributed by atoms with Gasteiger partial charge in [0.1, 0.15) is 0 Å². The summed E-state index contributed by atoms with van der Waals surface area (Å²) < 4.78 is 0. The van der Waals surface area contributed by atoms with Crippen LogP contribution in [0.1, 0.15) is 6.92 Å². The molecule has 0 fully saturated rings. The Morgan fingerprint density at radius 2 is 2.29 bits per heavy atom. The summed E-state index contributed by atoms with van der Waals surface area (Å²) in [5, 5.41) is 3.35.